The molecule has 56 heavy (non-hydrogen) atoms. The van der Waals surface area contributed by atoms with Gasteiger partial charge in [-0.05, 0) is 69.4 Å². The molecule has 4 amide bonds. The van der Waals surface area contributed by atoms with E-state index in [-0.39, 0.29) is 24.8 Å². The van der Waals surface area contributed by atoms with Crippen LogP contribution in [-0.2, 0) is 9.59 Å². The van der Waals surface area contributed by atoms with Crippen LogP contribution in [0, 0.1) is 17.2 Å². The first kappa shape index (κ1) is 35.8. The van der Waals surface area contributed by atoms with Gasteiger partial charge in [-0.1, -0.05) is 17.4 Å². The van der Waals surface area contributed by atoms with Gasteiger partial charge in [0.1, 0.15) is 6.04 Å². The number of aromatic amines is 1. The maximum Gasteiger partial charge on any atom is 0.264 e. The number of hydrogen-bond donors (Lipinski definition) is 3. The lowest BCUT2D eigenvalue weighted by molar-refractivity contribution is -0.136. The zero-order valence-electron chi connectivity index (χ0n) is 31.2. The Morgan fingerprint density at radius 3 is 2.50 bits per heavy atom. The van der Waals surface area contributed by atoms with Crippen molar-refractivity contribution in [3.05, 3.63) is 59.3 Å². The lowest BCUT2D eigenvalue weighted by atomic mass is 9.94. The smallest absolute Gasteiger partial charge is 0.264 e. The summed E-state index contributed by atoms with van der Waals surface area (Å²) in [5.41, 5.74) is 6.39. The van der Waals surface area contributed by atoms with Crippen molar-refractivity contribution in [1.29, 1.82) is 5.26 Å². The summed E-state index contributed by atoms with van der Waals surface area (Å²) in [4.78, 5) is 67.7. The van der Waals surface area contributed by atoms with E-state index < -0.39 is 23.8 Å². The fourth-order valence-electron chi connectivity index (χ4n) is 8.55. The highest BCUT2D eigenvalue weighted by molar-refractivity contribution is 7.18. The lowest BCUT2D eigenvalue weighted by Gasteiger charge is -2.39. The van der Waals surface area contributed by atoms with Crippen molar-refractivity contribution < 1.29 is 19.2 Å². The Morgan fingerprint density at radius 2 is 1.75 bits per heavy atom. The third kappa shape index (κ3) is 6.30. The second-order valence-corrected chi connectivity index (χ2v) is 16.3. The van der Waals surface area contributed by atoms with Gasteiger partial charge in [-0.2, -0.15) is 5.26 Å². The summed E-state index contributed by atoms with van der Waals surface area (Å²) in [5, 5.41) is 27.2. The van der Waals surface area contributed by atoms with Crippen molar-refractivity contribution in [3.63, 3.8) is 0 Å². The standard InChI is InChI=1S/C40H41N11O4S/c1-22(2)43-34-27(20-42-33-25-7-6-24(19-41)18-28(25)44-35(33)34)37-46-47-40(56-37)50-16-14-48(15-17-50)21-23-10-12-49(13-11-23)29-5-3-4-26-32(29)39(55)51(38(26)54)30-8-9-31(52)45-36(30)53/h3-7,18,20,22-23,30,44H,8-17,21H2,1-2H3,(H,42,43)(H,45,52,53). The van der Waals surface area contributed by atoms with Gasteiger partial charge in [0, 0.05) is 75.4 Å². The molecule has 16 heteroatoms. The molecule has 286 valence electrons. The first-order valence-electron chi connectivity index (χ1n) is 19.2. The van der Waals surface area contributed by atoms with Crippen LogP contribution < -0.4 is 20.4 Å². The van der Waals surface area contributed by atoms with Crippen LogP contribution in [0.4, 0.5) is 16.5 Å². The number of benzene rings is 2. The van der Waals surface area contributed by atoms with Gasteiger partial charge in [0.25, 0.3) is 11.8 Å². The molecule has 0 spiro atoms. The molecule has 3 fully saturated rings. The fraction of sp³-hybridized carbons (Fsp3) is 0.400. The van der Waals surface area contributed by atoms with Crippen molar-refractivity contribution in [2.45, 2.75) is 51.6 Å². The second-order valence-electron chi connectivity index (χ2n) is 15.3. The number of imide groups is 2. The summed E-state index contributed by atoms with van der Waals surface area (Å²) < 4.78 is 0. The highest BCUT2D eigenvalue weighted by Gasteiger charge is 2.46. The molecule has 9 rings (SSSR count). The van der Waals surface area contributed by atoms with Crippen molar-refractivity contribution in [2.24, 2.45) is 5.92 Å². The Bertz CT molecular complexity index is 2450. The monoisotopic (exact) mass is 771 g/mol. The number of piperazine rings is 1. The first-order valence-corrected chi connectivity index (χ1v) is 20.0. The molecule has 0 radical (unpaired) electrons. The van der Waals surface area contributed by atoms with Gasteiger partial charge in [0.2, 0.25) is 16.9 Å². The van der Waals surface area contributed by atoms with E-state index in [1.807, 2.05) is 30.5 Å². The number of rotatable bonds is 8. The van der Waals surface area contributed by atoms with Gasteiger partial charge in [-0.15, -0.1) is 10.2 Å². The number of pyridine rings is 1. The van der Waals surface area contributed by atoms with Crippen molar-refractivity contribution in [2.75, 3.05) is 60.9 Å². The maximum atomic E-state index is 13.7. The largest absolute Gasteiger partial charge is 0.381 e. The average molecular weight is 772 g/mol. The minimum atomic E-state index is -0.979. The van der Waals surface area contributed by atoms with Crippen LogP contribution in [0.2, 0.25) is 0 Å². The van der Waals surface area contributed by atoms with Crippen LogP contribution >= 0.6 is 11.3 Å². The van der Waals surface area contributed by atoms with E-state index in [1.54, 1.807) is 23.5 Å². The molecule has 2 aromatic carbocycles. The van der Waals surface area contributed by atoms with Gasteiger partial charge < -0.3 is 20.1 Å². The van der Waals surface area contributed by atoms with Crippen molar-refractivity contribution in [3.8, 4) is 16.6 Å². The number of nitrogens with one attached hydrogen (secondary N) is 3. The van der Waals surface area contributed by atoms with Crippen LogP contribution in [0.5, 0.6) is 0 Å². The molecular weight excluding hydrogens is 731 g/mol. The number of nitrogens with zero attached hydrogens (tertiary/aromatic N) is 8. The van der Waals surface area contributed by atoms with Crippen LogP contribution in [0.15, 0.2) is 42.6 Å². The van der Waals surface area contributed by atoms with Gasteiger partial charge in [0.15, 0.2) is 5.01 Å². The lowest BCUT2D eigenvalue weighted by Crippen LogP contribution is -2.54. The molecule has 4 aliphatic heterocycles. The van der Waals surface area contributed by atoms with Crippen LogP contribution in [-0.4, -0.2) is 111 Å². The Morgan fingerprint density at radius 1 is 0.946 bits per heavy atom. The zero-order chi connectivity index (χ0) is 38.7. The first-order chi connectivity index (χ1) is 27.2. The van der Waals surface area contributed by atoms with E-state index in [2.05, 4.69) is 60.4 Å². The number of amides is 4. The number of nitriles is 1. The number of anilines is 3. The minimum Gasteiger partial charge on any atom is -0.381 e. The van der Waals surface area contributed by atoms with Gasteiger partial charge >= 0.3 is 0 Å². The van der Waals surface area contributed by atoms with E-state index in [0.29, 0.717) is 22.6 Å². The normalized spacial score (nSPS) is 19.7. The molecule has 0 saturated carbocycles. The second kappa shape index (κ2) is 14.3. The molecule has 4 aliphatic rings. The topological polar surface area (TPSA) is 184 Å². The molecule has 5 aromatic rings. The van der Waals surface area contributed by atoms with E-state index >= 15 is 0 Å². The molecular formula is C40H41N11O4S. The number of hydrogen-bond acceptors (Lipinski definition) is 13. The predicted octanol–water partition coefficient (Wildman–Crippen LogP) is 4.37. The third-order valence-electron chi connectivity index (χ3n) is 11.4. The molecule has 1 unspecified atom stereocenters. The highest BCUT2D eigenvalue weighted by atomic mass is 32.1. The maximum absolute atomic E-state index is 13.7. The van der Waals surface area contributed by atoms with Gasteiger partial charge in [-0.25, -0.2) is 0 Å². The highest BCUT2D eigenvalue weighted by Crippen LogP contribution is 2.40. The summed E-state index contributed by atoms with van der Waals surface area (Å²) in [7, 11) is 0. The zero-order valence-corrected chi connectivity index (χ0v) is 32.0. The number of H-pyrrole nitrogens is 1. The molecule has 0 bridgehead atoms. The van der Waals surface area contributed by atoms with E-state index in [4.69, 9.17) is 4.98 Å². The Balaban J connectivity index is 0.825. The van der Waals surface area contributed by atoms with E-state index in [9.17, 15) is 24.4 Å². The van der Waals surface area contributed by atoms with Crippen LogP contribution in [0.1, 0.15) is 65.8 Å². The van der Waals surface area contributed by atoms with Crippen LogP contribution in [0.3, 0.4) is 0 Å². The number of aromatic nitrogens is 4. The predicted molar refractivity (Wildman–Crippen MR) is 213 cm³/mol. The van der Waals surface area contributed by atoms with Gasteiger partial charge in [-0.3, -0.25) is 39.3 Å². The summed E-state index contributed by atoms with van der Waals surface area (Å²) in [6, 6.07) is 12.3. The van der Waals surface area contributed by atoms with Crippen molar-refractivity contribution in [1.82, 2.24) is 35.3 Å². The molecule has 3 aromatic heterocycles. The summed E-state index contributed by atoms with van der Waals surface area (Å²) in [6.07, 6.45) is 4.02. The summed E-state index contributed by atoms with van der Waals surface area (Å²) in [6.45, 7) is 10.3. The van der Waals surface area contributed by atoms with Gasteiger partial charge in [0.05, 0.1) is 50.7 Å². The van der Waals surface area contributed by atoms with Crippen molar-refractivity contribution >= 4 is 73.4 Å². The quantitative estimate of drug-likeness (QED) is 0.190. The summed E-state index contributed by atoms with van der Waals surface area (Å²) in [5.74, 6) is -1.43. The average Bonchev–Trinajstić information content (AvgIpc) is 3.90. The third-order valence-corrected chi connectivity index (χ3v) is 12.4. The minimum absolute atomic E-state index is 0.0920. The Kier molecular flexibility index (Phi) is 9.13. The van der Waals surface area contributed by atoms with E-state index in [1.165, 1.54) is 0 Å². The van der Waals surface area contributed by atoms with Crippen LogP contribution in [0.25, 0.3) is 32.5 Å². The molecule has 3 saturated heterocycles. The Labute approximate surface area is 326 Å². The molecule has 0 aliphatic carbocycles. The molecule has 3 N–H and O–H groups in total. The summed E-state index contributed by atoms with van der Waals surface area (Å²) >= 11 is 1.57. The number of fused-ring (bicyclic) bond motifs is 4. The van der Waals surface area contributed by atoms with E-state index in [0.717, 1.165) is 113 Å². The molecule has 7 heterocycles. The number of piperidine rings is 2. The number of carbonyl (C=O) groups excluding carboxylic acids is 4. The SMILES string of the molecule is CC(C)Nc1c(-c2nnc(N3CCN(CC4CCN(c5cccc6c5C(=O)N(C5CCC(=O)NC5=O)C6=O)CC4)CC3)s2)cnc2c1[nH]c1cc(C#N)ccc12. The number of carbonyl (C=O) groups is 4. The Hall–Kier alpha value is -5.92. The molecule has 1 atom stereocenters. The fourth-order valence-corrected chi connectivity index (χ4v) is 9.47. The molecule has 15 nitrogen and oxygen atoms in total.